The highest BCUT2D eigenvalue weighted by Gasteiger charge is 2.16. The van der Waals surface area contributed by atoms with E-state index in [1.807, 2.05) is 18.2 Å². The van der Waals surface area contributed by atoms with Crippen molar-refractivity contribution in [3.8, 4) is 0 Å². The van der Waals surface area contributed by atoms with Gasteiger partial charge in [-0.3, -0.25) is 0 Å². The van der Waals surface area contributed by atoms with E-state index >= 15 is 0 Å². The van der Waals surface area contributed by atoms with E-state index < -0.39 is 4.92 Å². The van der Waals surface area contributed by atoms with Crippen molar-refractivity contribution in [3.05, 3.63) is 56.7 Å². The van der Waals surface area contributed by atoms with Crippen LogP contribution in [0.2, 0.25) is 5.02 Å². The minimum Gasteiger partial charge on any atom is -0.358 e. The Labute approximate surface area is 103 Å². The molecule has 1 heterocycles. The molecular weight excluding hydrogens is 242 g/mol. The van der Waals surface area contributed by atoms with E-state index in [-0.39, 0.29) is 5.82 Å². The van der Waals surface area contributed by atoms with E-state index in [2.05, 4.69) is 5.10 Å². The maximum Gasteiger partial charge on any atom is 0.392 e. The summed E-state index contributed by atoms with van der Waals surface area (Å²) in [5, 5.41) is 15.2. The van der Waals surface area contributed by atoms with Crippen LogP contribution in [-0.4, -0.2) is 14.7 Å². The molecule has 88 valence electrons. The number of hydrogen-bond donors (Lipinski definition) is 0. The highest BCUT2D eigenvalue weighted by atomic mass is 35.5. The Morgan fingerprint density at radius 2 is 2.29 bits per heavy atom. The van der Waals surface area contributed by atoms with E-state index in [1.54, 1.807) is 23.9 Å². The highest BCUT2D eigenvalue weighted by Crippen LogP contribution is 2.16. The summed E-state index contributed by atoms with van der Waals surface area (Å²) in [6.45, 7) is 2.13. The number of hydrogen-bond acceptors (Lipinski definition) is 3. The van der Waals surface area contributed by atoms with Crippen LogP contribution in [0.5, 0.6) is 0 Å². The predicted molar refractivity (Wildman–Crippen MR) is 64.2 cm³/mol. The van der Waals surface area contributed by atoms with Gasteiger partial charge in [0.15, 0.2) is 0 Å². The second kappa shape index (κ2) is 4.55. The monoisotopic (exact) mass is 251 g/mol. The van der Waals surface area contributed by atoms with Crippen LogP contribution >= 0.6 is 11.6 Å². The van der Waals surface area contributed by atoms with Gasteiger partial charge in [-0.25, -0.2) is 0 Å². The Balaban J connectivity index is 2.25. The zero-order chi connectivity index (χ0) is 12.4. The Bertz CT molecular complexity index is 566. The van der Waals surface area contributed by atoms with Crippen molar-refractivity contribution < 1.29 is 4.92 Å². The molecule has 1 aromatic carbocycles. The average Bonchev–Trinajstić information content (AvgIpc) is 2.59. The molecule has 0 amide bonds. The molecule has 17 heavy (non-hydrogen) atoms. The van der Waals surface area contributed by atoms with E-state index in [0.717, 1.165) is 5.56 Å². The van der Waals surface area contributed by atoms with Gasteiger partial charge in [-0.15, -0.1) is 0 Å². The summed E-state index contributed by atoms with van der Waals surface area (Å²) in [6.07, 6.45) is 1.65. The Morgan fingerprint density at radius 1 is 1.53 bits per heavy atom. The van der Waals surface area contributed by atoms with Crippen molar-refractivity contribution in [1.82, 2.24) is 9.78 Å². The summed E-state index contributed by atoms with van der Waals surface area (Å²) in [5.41, 5.74) is 1.51. The molecule has 0 aliphatic heterocycles. The predicted octanol–water partition coefficient (Wildman–Crippen LogP) is 2.80. The van der Waals surface area contributed by atoms with Gasteiger partial charge in [0.1, 0.15) is 0 Å². The van der Waals surface area contributed by atoms with Gasteiger partial charge in [0, 0.05) is 5.02 Å². The Hall–Kier alpha value is -1.88. The Morgan fingerprint density at radius 3 is 2.88 bits per heavy atom. The molecule has 2 aromatic rings. The van der Waals surface area contributed by atoms with Gasteiger partial charge in [-0.1, -0.05) is 23.7 Å². The van der Waals surface area contributed by atoms with Crippen LogP contribution in [0.1, 0.15) is 11.1 Å². The standard InChI is InChI=1S/C11H10ClN3O2/c1-8-6-14(13-11(8)15(16)17)7-9-3-2-4-10(12)5-9/h2-6H,7H2,1H3. The fourth-order valence-corrected chi connectivity index (χ4v) is 1.81. The molecule has 0 radical (unpaired) electrons. The van der Waals surface area contributed by atoms with Crippen LogP contribution in [-0.2, 0) is 6.54 Å². The molecular formula is C11H10ClN3O2. The van der Waals surface area contributed by atoms with Crippen molar-refractivity contribution in [1.29, 1.82) is 0 Å². The van der Waals surface area contributed by atoms with Crippen molar-refractivity contribution >= 4 is 17.4 Å². The van der Waals surface area contributed by atoms with Crippen LogP contribution in [0.4, 0.5) is 5.82 Å². The minimum absolute atomic E-state index is 0.105. The summed E-state index contributed by atoms with van der Waals surface area (Å²) in [7, 11) is 0. The van der Waals surface area contributed by atoms with Crippen molar-refractivity contribution in [2.45, 2.75) is 13.5 Å². The topological polar surface area (TPSA) is 61.0 Å². The van der Waals surface area contributed by atoms with Crippen LogP contribution < -0.4 is 0 Å². The average molecular weight is 252 g/mol. The molecule has 0 unspecified atom stereocenters. The van der Waals surface area contributed by atoms with Gasteiger partial charge in [0.25, 0.3) is 0 Å². The fourth-order valence-electron chi connectivity index (χ4n) is 1.59. The lowest BCUT2D eigenvalue weighted by molar-refractivity contribution is -0.390. The van der Waals surface area contributed by atoms with Crippen molar-refractivity contribution in [2.24, 2.45) is 0 Å². The molecule has 0 spiro atoms. The molecule has 0 atom stereocenters. The zero-order valence-corrected chi connectivity index (χ0v) is 9.89. The molecule has 0 aliphatic rings. The number of halogens is 1. The summed E-state index contributed by atoms with van der Waals surface area (Å²) < 4.78 is 1.54. The normalized spacial score (nSPS) is 10.5. The maximum absolute atomic E-state index is 10.7. The molecule has 1 aromatic heterocycles. The van der Waals surface area contributed by atoms with E-state index in [4.69, 9.17) is 11.6 Å². The highest BCUT2D eigenvalue weighted by molar-refractivity contribution is 6.30. The molecule has 6 heteroatoms. The second-order valence-electron chi connectivity index (χ2n) is 3.72. The lowest BCUT2D eigenvalue weighted by atomic mass is 10.2. The van der Waals surface area contributed by atoms with E-state index in [1.165, 1.54) is 0 Å². The second-order valence-corrected chi connectivity index (χ2v) is 4.16. The molecule has 0 fully saturated rings. The van der Waals surface area contributed by atoms with Gasteiger partial charge in [0.05, 0.1) is 23.4 Å². The third-order valence-electron chi connectivity index (χ3n) is 2.33. The summed E-state index contributed by atoms with van der Waals surface area (Å²) >= 11 is 5.86. The van der Waals surface area contributed by atoms with Gasteiger partial charge < -0.3 is 10.1 Å². The van der Waals surface area contributed by atoms with Gasteiger partial charge in [-0.05, 0) is 29.5 Å². The van der Waals surface area contributed by atoms with E-state index in [0.29, 0.717) is 17.1 Å². The van der Waals surface area contributed by atoms with Crippen LogP contribution in [0.3, 0.4) is 0 Å². The van der Waals surface area contributed by atoms with Crippen molar-refractivity contribution in [3.63, 3.8) is 0 Å². The first kappa shape index (κ1) is 11.6. The first-order valence-corrected chi connectivity index (χ1v) is 5.37. The number of nitrogens with zero attached hydrogens (tertiary/aromatic N) is 3. The number of rotatable bonds is 3. The number of nitro groups is 1. The SMILES string of the molecule is Cc1cn(Cc2cccc(Cl)c2)nc1[N+](=O)[O-]. The summed E-state index contributed by atoms with van der Waals surface area (Å²) in [4.78, 5) is 10.2. The minimum atomic E-state index is -0.482. The molecule has 2 rings (SSSR count). The van der Waals surface area contributed by atoms with Gasteiger partial charge in [0.2, 0.25) is 0 Å². The van der Waals surface area contributed by atoms with Crippen LogP contribution in [0.15, 0.2) is 30.5 Å². The van der Waals surface area contributed by atoms with Gasteiger partial charge >= 0.3 is 5.82 Å². The summed E-state index contributed by atoms with van der Waals surface area (Å²) in [6, 6.07) is 7.32. The third-order valence-corrected chi connectivity index (χ3v) is 2.56. The molecule has 0 aliphatic carbocycles. The zero-order valence-electron chi connectivity index (χ0n) is 9.13. The maximum atomic E-state index is 10.7. The fraction of sp³-hybridized carbons (Fsp3) is 0.182. The van der Waals surface area contributed by atoms with Crippen LogP contribution in [0, 0.1) is 17.0 Å². The quantitative estimate of drug-likeness (QED) is 0.622. The molecule has 0 saturated heterocycles. The third kappa shape index (κ3) is 2.62. The van der Waals surface area contributed by atoms with Crippen molar-refractivity contribution in [2.75, 3.05) is 0 Å². The first-order valence-electron chi connectivity index (χ1n) is 4.99. The Kier molecular flexibility index (Phi) is 3.10. The first-order chi connectivity index (χ1) is 8.06. The van der Waals surface area contributed by atoms with Crippen LogP contribution in [0.25, 0.3) is 0 Å². The largest absolute Gasteiger partial charge is 0.392 e. The molecule has 0 bridgehead atoms. The number of benzene rings is 1. The number of aryl methyl sites for hydroxylation is 1. The molecule has 0 N–H and O–H groups in total. The van der Waals surface area contributed by atoms with Gasteiger partial charge in [-0.2, -0.15) is 4.68 Å². The number of aromatic nitrogens is 2. The molecule has 5 nitrogen and oxygen atoms in total. The van der Waals surface area contributed by atoms with E-state index in [9.17, 15) is 10.1 Å². The lowest BCUT2D eigenvalue weighted by Gasteiger charge is -1.98. The summed E-state index contributed by atoms with van der Waals surface area (Å²) in [5.74, 6) is -0.105. The molecule has 0 saturated carbocycles. The smallest absolute Gasteiger partial charge is 0.358 e. The lowest BCUT2D eigenvalue weighted by Crippen LogP contribution is -2.01.